The van der Waals surface area contributed by atoms with E-state index < -0.39 is 0 Å². The average molecular weight is 139 g/mol. The zero-order chi connectivity index (χ0) is 7.82. The predicted molar refractivity (Wildman–Crippen MR) is 46.9 cm³/mol. The van der Waals surface area contributed by atoms with Crippen LogP contribution in [0.1, 0.15) is 26.2 Å². The van der Waals surface area contributed by atoms with Gasteiger partial charge in [0.05, 0.1) is 0 Å². The summed E-state index contributed by atoms with van der Waals surface area (Å²) in [5.74, 6) is 0. The van der Waals surface area contributed by atoms with Crippen molar-refractivity contribution in [3.63, 3.8) is 0 Å². The minimum Gasteiger partial charge on any atom is -0.330 e. The van der Waals surface area contributed by atoms with Crippen LogP contribution in [0, 0.1) is 0 Å². The zero-order valence-electron chi connectivity index (χ0n) is 6.77. The van der Waals surface area contributed by atoms with Gasteiger partial charge in [-0.05, 0) is 32.7 Å². The van der Waals surface area contributed by atoms with Gasteiger partial charge in [0.15, 0.2) is 0 Å². The van der Waals surface area contributed by atoms with Crippen molar-refractivity contribution in [1.29, 1.82) is 0 Å². The lowest BCUT2D eigenvalue weighted by molar-refractivity contribution is 0.956. The van der Waals surface area contributed by atoms with Crippen LogP contribution in [0.15, 0.2) is 24.3 Å². The Labute approximate surface area is 63.6 Å². The molecule has 1 nitrogen and oxygen atoms in total. The number of allylic oxidation sites excluding steroid dienone is 2. The molecule has 0 saturated heterocycles. The van der Waals surface area contributed by atoms with E-state index in [-0.39, 0.29) is 0 Å². The van der Waals surface area contributed by atoms with Crippen LogP contribution in [0.5, 0.6) is 0 Å². The SMILES string of the molecule is C=C(C)CC/C=C/CCN. The highest BCUT2D eigenvalue weighted by atomic mass is 14.5. The Morgan fingerprint density at radius 3 is 2.50 bits per heavy atom. The number of hydrogen-bond acceptors (Lipinski definition) is 1. The summed E-state index contributed by atoms with van der Waals surface area (Å²) in [5.41, 5.74) is 6.55. The molecule has 0 radical (unpaired) electrons. The van der Waals surface area contributed by atoms with Gasteiger partial charge in [-0.25, -0.2) is 0 Å². The maximum Gasteiger partial charge on any atom is -0.00426 e. The number of rotatable bonds is 5. The average Bonchev–Trinajstić information content (AvgIpc) is 1.87. The van der Waals surface area contributed by atoms with Crippen LogP contribution in [0.3, 0.4) is 0 Å². The second-order valence-corrected chi connectivity index (χ2v) is 2.54. The van der Waals surface area contributed by atoms with E-state index in [0.29, 0.717) is 0 Å². The third kappa shape index (κ3) is 7.44. The van der Waals surface area contributed by atoms with Gasteiger partial charge in [-0.3, -0.25) is 0 Å². The maximum atomic E-state index is 5.30. The highest BCUT2D eigenvalue weighted by Crippen LogP contribution is 2.00. The molecule has 0 saturated carbocycles. The van der Waals surface area contributed by atoms with E-state index in [1.165, 1.54) is 5.57 Å². The summed E-state index contributed by atoms with van der Waals surface area (Å²) in [6, 6.07) is 0. The second kappa shape index (κ2) is 6.56. The Balaban J connectivity index is 3.10. The molecule has 0 aliphatic heterocycles. The molecule has 0 aromatic heterocycles. The van der Waals surface area contributed by atoms with Crippen molar-refractivity contribution in [2.75, 3.05) is 6.54 Å². The largest absolute Gasteiger partial charge is 0.330 e. The molecule has 2 N–H and O–H groups in total. The van der Waals surface area contributed by atoms with E-state index in [4.69, 9.17) is 5.73 Å². The standard InChI is InChI=1S/C9H17N/c1-9(2)7-5-3-4-6-8-10/h3-4H,1,5-8,10H2,2H3/b4-3+. The molecule has 0 aliphatic carbocycles. The lowest BCUT2D eigenvalue weighted by atomic mass is 10.2. The normalized spacial score (nSPS) is 10.6. The van der Waals surface area contributed by atoms with Gasteiger partial charge in [-0.1, -0.05) is 17.7 Å². The molecule has 1 heteroatoms. The van der Waals surface area contributed by atoms with Crippen molar-refractivity contribution in [3.8, 4) is 0 Å². The zero-order valence-corrected chi connectivity index (χ0v) is 6.77. The Morgan fingerprint density at radius 2 is 2.00 bits per heavy atom. The second-order valence-electron chi connectivity index (χ2n) is 2.54. The molecule has 0 spiro atoms. The summed E-state index contributed by atoms with van der Waals surface area (Å²) in [6.07, 6.45) is 7.50. The van der Waals surface area contributed by atoms with E-state index in [9.17, 15) is 0 Å². The van der Waals surface area contributed by atoms with Crippen molar-refractivity contribution in [2.45, 2.75) is 26.2 Å². The molecule has 0 aliphatic rings. The Bertz CT molecular complexity index is 114. The molecule has 0 bridgehead atoms. The van der Waals surface area contributed by atoms with E-state index in [1.807, 2.05) is 0 Å². The number of nitrogens with two attached hydrogens (primary N) is 1. The van der Waals surface area contributed by atoms with E-state index >= 15 is 0 Å². The molecule has 0 aromatic rings. The van der Waals surface area contributed by atoms with Crippen molar-refractivity contribution in [1.82, 2.24) is 0 Å². The Kier molecular flexibility index (Phi) is 6.19. The Morgan fingerprint density at radius 1 is 1.40 bits per heavy atom. The third-order valence-corrected chi connectivity index (χ3v) is 1.24. The van der Waals surface area contributed by atoms with Crippen LogP contribution in [0.4, 0.5) is 0 Å². The van der Waals surface area contributed by atoms with Gasteiger partial charge >= 0.3 is 0 Å². The first-order valence-corrected chi connectivity index (χ1v) is 3.77. The monoisotopic (exact) mass is 139 g/mol. The summed E-state index contributed by atoms with van der Waals surface area (Å²) in [6.45, 7) is 6.62. The minimum atomic E-state index is 0.754. The van der Waals surface area contributed by atoms with Crippen LogP contribution in [-0.4, -0.2) is 6.54 Å². The predicted octanol–water partition coefficient (Wildman–Crippen LogP) is 2.25. The molecule has 0 unspecified atom stereocenters. The summed E-state index contributed by atoms with van der Waals surface area (Å²) < 4.78 is 0. The fourth-order valence-electron chi connectivity index (χ4n) is 0.662. The first kappa shape index (κ1) is 9.44. The summed E-state index contributed by atoms with van der Waals surface area (Å²) in [7, 11) is 0. The van der Waals surface area contributed by atoms with Crippen LogP contribution >= 0.6 is 0 Å². The van der Waals surface area contributed by atoms with E-state index in [2.05, 4.69) is 25.7 Å². The summed E-state index contributed by atoms with van der Waals surface area (Å²) >= 11 is 0. The quantitative estimate of drug-likeness (QED) is 0.581. The Hall–Kier alpha value is -0.560. The van der Waals surface area contributed by atoms with Gasteiger partial charge in [-0.15, -0.1) is 6.58 Å². The van der Waals surface area contributed by atoms with Gasteiger partial charge in [0.25, 0.3) is 0 Å². The maximum absolute atomic E-state index is 5.30. The molecule has 58 valence electrons. The summed E-state index contributed by atoms with van der Waals surface area (Å²) in [5, 5.41) is 0. The fraction of sp³-hybridized carbons (Fsp3) is 0.556. The third-order valence-electron chi connectivity index (χ3n) is 1.24. The van der Waals surface area contributed by atoms with Crippen molar-refractivity contribution >= 4 is 0 Å². The molecule has 10 heavy (non-hydrogen) atoms. The molecular formula is C9H17N. The van der Waals surface area contributed by atoms with Crippen LogP contribution in [-0.2, 0) is 0 Å². The smallest absolute Gasteiger partial charge is 0.00426 e. The van der Waals surface area contributed by atoms with Gasteiger partial charge in [0.1, 0.15) is 0 Å². The molecule has 0 aromatic carbocycles. The summed E-state index contributed by atoms with van der Waals surface area (Å²) in [4.78, 5) is 0. The van der Waals surface area contributed by atoms with Gasteiger partial charge < -0.3 is 5.73 Å². The molecular weight excluding hydrogens is 122 g/mol. The van der Waals surface area contributed by atoms with Gasteiger partial charge in [0, 0.05) is 0 Å². The van der Waals surface area contributed by atoms with E-state index in [0.717, 1.165) is 25.8 Å². The van der Waals surface area contributed by atoms with E-state index in [1.54, 1.807) is 0 Å². The molecule has 0 fully saturated rings. The first-order chi connectivity index (χ1) is 4.77. The highest BCUT2D eigenvalue weighted by molar-refractivity contribution is 4.92. The molecule has 0 amide bonds. The van der Waals surface area contributed by atoms with Crippen LogP contribution in [0.25, 0.3) is 0 Å². The van der Waals surface area contributed by atoms with Gasteiger partial charge in [-0.2, -0.15) is 0 Å². The lowest BCUT2D eigenvalue weighted by Crippen LogP contribution is -1.94. The molecule has 0 rings (SSSR count). The lowest BCUT2D eigenvalue weighted by Gasteiger charge is -1.91. The van der Waals surface area contributed by atoms with Crippen molar-refractivity contribution in [3.05, 3.63) is 24.3 Å². The topological polar surface area (TPSA) is 26.0 Å². The minimum absolute atomic E-state index is 0.754. The fourth-order valence-corrected chi connectivity index (χ4v) is 0.662. The molecule has 0 atom stereocenters. The van der Waals surface area contributed by atoms with Crippen molar-refractivity contribution < 1.29 is 0 Å². The highest BCUT2D eigenvalue weighted by Gasteiger charge is 1.81. The first-order valence-electron chi connectivity index (χ1n) is 3.77. The van der Waals surface area contributed by atoms with Crippen LogP contribution in [0.2, 0.25) is 0 Å². The van der Waals surface area contributed by atoms with Crippen molar-refractivity contribution in [2.24, 2.45) is 5.73 Å². The molecule has 0 heterocycles. The number of hydrogen-bond donors (Lipinski definition) is 1. The van der Waals surface area contributed by atoms with Crippen LogP contribution < -0.4 is 5.73 Å². The van der Waals surface area contributed by atoms with Gasteiger partial charge in [0.2, 0.25) is 0 Å².